The number of aromatic nitrogens is 1. The number of amides is 1. The number of rotatable bonds is 1. The fraction of sp³-hybridized carbons (Fsp3) is 0.438. The quantitative estimate of drug-likeness (QED) is 0.832. The third-order valence-electron chi connectivity index (χ3n) is 4.25. The molecule has 1 aliphatic rings. The molecule has 1 aromatic carbocycles. The summed E-state index contributed by atoms with van der Waals surface area (Å²) in [5, 5.41) is 1.03. The Kier molecular flexibility index (Phi) is 3.05. The molecule has 1 aliphatic heterocycles. The number of likely N-dealkylation sites (tertiary alicyclic amines) is 1. The van der Waals surface area contributed by atoms with Gasteiger partial charge in [-0.1, -0.05) is 18.2 Å². The molecule has 1 N–H and O–H groups in total. The highest BCUT2D eigenvalue weighted by atomic mass is 16.2. The first-order valence-electron chi connectivity index (χ1n) is 7.07. The minimum Gasteiger partial charge on any atom is -0.360 e. The van der Waals surface area contributed by atoms with Crippen molar-refractivity contribution in [2.45, 2.75) is 45.2 Å². The number of benzene rings is 1. The summed E-state index contributed by atoms with van der Waals surface area (Å²) in [6.07, 6.45) is 5.29. The highest BCUT2D eigenvalue weighted by molar-refractivity contribution is 6.06. The molecule has 0 radical (unpaired) electrons. The van der Waals surface area contributed by atoms with E-state index in [9.17, 15) is 4.79 Å². The van der Waals surface area contributed by atoms with Crippen LogP contribution in [0.5, 0.6) is 0 Å². The van der Waals surface area contributed by atoms with E-state index in [1.54, 1.807) is 0 Å². The molecule has 2 heterocycles. The topological polar surface area (TPSA) is 36.1 Å². The van der Waals surface area contributed by atoms with Crippen molar-refractivity contribution >= 4 is 16.8 Å². The molecule has 2 aromatic rings. The lowest BCUT2D eigenvalue weighted by atomic mass is 9.96. The van der Waals surface area contributed by atoms with Crippen LogP contribution in [0, 0.1) is 0 Å². The van der Waals surface area contributed by atoms with Crippen molar-refractivity contribution in [2.24, 2.45) is 0 Å². The normalized spacial score (nSPS) is 23.8. The zero-order chi connectivity index (χ0) is 13.4. The fourth-order valence-electron chi connectivity index (χ4n) is 3.21. The molecule has 3 rings (SSSR count). The van der Waals surface area contributed by atoms with Crippen molar-refractivity contribution < 1.29 is 4.79 Å². The maximum Gasteiger partial charge on any atom is 0.256 e. The number of carbonyl (C=O) groups excluding carboxylic acids is 1. The van der Waals surface area contributed by atoms with Crippen molar-refractivity contribution in [1.29, 1.82) is 0 Å². The molecule has 19 heavy (non-hydrogen) atoms. The van der Waals surface area contributed by atoms with E-state index in [1.807, 2.05) is 30.5 Å². The number of fused-ring (bicyclic) bond motifs is 1. The van der Waals surface area contributed by atoms with Crippen LogP contribution in [-0.4, -0.2) is 27.9 Å². The van der Waals surface area contributed by atoms with Crippen LogP contribution in [0.15, 0.2) is 30.5 Å². The Morgan fingerprint density at radius 2 is 1.89 bits per heavy atom. The maximum absolute atomic E-state index is 12.8. The third kappa shape index (κ3) is 2.03. The van der Waals surface area contributed by atoms with Gasteiger partial charge in [-0.3, -0.25) is 4.79 Å². The first-order chi connectivity index (χ1) is 9.18. The molecule has 0 spiro atoms. The smallest absolute Gasteiger partial charge is 0.256 e. The van der Waals surface area contributed by atoms with Crippen LogP contribution in [0.2, 0.25) is 0 Å². The van der Waals surface area contributed by atoms with E-state index < -0.39 is 0 Å². The van der Waals surface area contributed by atoms with Crippen molar-refractivity contribution in [2.75, 3.05) is 0 Å². The predicted molar refractivity (Wildman–Crippen MR) is 77.2 cm³/mol. The summed E-state index contributed by atoms with van der Waals surface area (Å²) < 4.78 is 0. The third-order valence-corrected chi connectivity index (χ3v) is 4.25. The molecule has 0 bridgehead atoms. The number of aromatic amines is 1. The van der Waals surface area contributed by atoms with Crippen molar-refractivity contribution in [3.05, 3.63) is 36.0 Å². The van der Waals surface area contributed by atoms with Gasteiger partial charge in [0.05, 0.1) is 5.56 Å². The largest absolute Gasteiger partial charge is 0.360 e. The Hall–Kier alpha value is -1.77. The summed E-state index contributed by atoms with van der Waals surface area (Å²) in [6.45, 7) is 4.31. The summed E-state index contributed by atoms with van der Waals surface area (Å²) in [5.74, 6) is 0.164. The molecule has 100 valence electrons. The van der Waals surface area contributed by atoms with Crippen LogP contribution < -0.4 is 0 Å². The number of nitrogens with one attached hydrogen (secondary N) is 1. The number of hydrogen-bond donors (Lipinski definition) is 1. The minimum atomic E-state index is 0.164. The van der Waals surface area contributed by atoms with Crippen LogP contribution in [0.3, 0.4) is 0 Å². The average molecular weight is 256 g/mol. The zero-order valence-electron chi connectivity index (χ0n) is 11.5. The summed E-state index contributed by atoms with van der Waals surface area (Å²) in [4.78, 5) is 18.0. The highest BCUT2D eigenvalue weighted by Gasteiger charge is 2.30. The Labute approximate surface area is 113 Å². The predicted octanol–water partition coefficient (Wildman–Crippen LogP) is 3.57. The Bertz CT molecular complexity index is 592. The van der Waals surface area contributed by atoms with E-state index in [4.69, 9.17) is 0 Å². The van der Waals surface area contributed by atoms with Crippen LogP contribution in [0.4, 0.5) is 0 Å². The molecule has 3 nitrogen and oxygen atoms in total. The van der Waals surface area contributed by atoms with Crippen LogP contribution in [0.25, 0.3) is 10.9 Å². The number of carbonyl (C=O) groups is 1. The molecule has 2 atom stereocenters. The van der Waals surface area contributed by atoms with Crippen LogP contribution in [0.1, 0.15) is 43.5 Å². The van der Waals surface area contributed by atoms with Gasteiger partial charge >= 0.3 is 0 Å². The van der Waals surface area contributed by atoms with Gasteiger partial charge in [-0.25, -0.2) is 0 Å². The Morgan fingerprint density at radius 1 is 1.21 bits per heavy atom. The van der Waals surface area contributed by atoms with Gasteiger partial charge in [0, 0.05) is 29.2 Å². The lowest BCUT2D eigenvalue weighted by molar-refractivity contribution is 0.0513. The van der Waals surface area contributed by atoms with E-state index >= 15 is 0 Å². The minimum absolute atomic E-state index is 0.164. The van der Waals surface area contributed by atoms with E-state index in [-0.39, 0.29) is 5.91 Å². The first kappa shape index (κ1) is 12.3. The van der Waals surface area contributed by atoms with Gasteiger partial charge in [-0.05, 0) is 39.2 Å². The van der Waals surface area contributed by atoms with Crippen molar-refractivity contribution in [1.82, 2.24) is 9.88 Å². The molecule has 0 saturated carbocycles. The molecule has 0 aliphatic carbocycles. The highest BCUT2D eigenvalue weighted by Crippen LogP contribution is 2.27. The molecule has 3 heteroatoms. The number of nitrogens with zero attached hydrogens (tertiary/aromatic N) is 1. The zero-order valence-corrected chi connectivity index (χ0v) is 11.5. The van der Waals surface area contributed by atoms with E-state index in [0.717, 1.165) is 29.3 Å². The summed E-state index contributed by atoms with van der Waals surface area (Å²) in [6, 6.07) is 8.66. The van der Waals surface area contributed by atoms with E-state index in [2.05, 4.69) is 23.7 Å². The summed E-state index contributed by atoms with van der Waals surface area (Å²) in [7, 11) is 0. The average Bonchev–Trinajstić information content (AvgIpc) is 2.82. The summed E-state index contributed by atoms with van der Waals surface area (Å²) >= 11 is 0. The van der Waals surface area contributed by atoms with Gasteiger partial charge in [-0.15, -0.1) is 0 Å². The molecular weight excluding hydrogens is 236 g/mol. The summed E-state index contributed by atoms with van der Waals surface area (Å²) in [5.41, 5.74) is 1.83. The Morgan fingerprint density at radius 3 is 2.63 bits per heavy atom. The number of para-hydroxylation sites is 1. The lowest BCUT2D eigenvalue weighted by Crippen LogP contribution is -2.47. The monoisotopic (exact) mass is 256 g/mol. The van der Waals surface area contributed by atoms with Gasteiger partial charge in [0.2, 0.25) is 0 Å². The lowest BCUT2D eigenvalue weighted by Gasteiger charge is -2.39. The van der Waals surface area contributed by atoms with Crippen molar-refractivity contribution in [3.8, 4) is 0 Å². The van der Waals surface area contributed by atoms with E-state index in [1.165, 1.54) is 6.42 Å². The second kappa shape index (κ2) is 4.72. The van der Waals surface area contributed by atoms with Gasteiger partial charge in [-0.2, -0.15) is 0 Å². The molecule has 1 aromatic heterocycles. The first-order valence-corrected chi connectivity index (χ1v) is 7.07. The fourth-order valence-corrected chi connectivity index (χ4v) is 3.21. The molecule has 2 unspecified atom stereocenters. The van der Waals surface area contributed by atoms with Crippen LogP contribution >= 0.6 is 0 Å². The van der Waals surface area contributed by atoms with Gasteiger partial charge < -0.3 is 9.88 Å². The molecule has 1 fully saturated rings. The maximum atomic E-state index is 12.8. The Balaban J connectivity index is 1.99. The molecular formula is C16H20N2O. The van der Waals surface area contributed by atoms with Gasteiger partial charge in [0.25, 0.3) is 5.91 Å². The number of H-pyrrole nitrogens is 1. The van der Waals surface area contributed by atoms with E-state index in [0.29, 0.717) is 12.1 Å². The standard InChI is InChI=1S/C16H20N2O/c1-11-6-5-7-12(2)18(11)16(19)14-10-17-15-9-4-3-8-13(14)15/h3-4,8-12,17H,5-7H2,1-2H3. The number of hydrogen-bond acceptors (Lipinski definition) is 1. The molecule has 1 amide bonds. The second-order valence-electron chi connectivity index (χ2n) is 5.59. The second-order valence-corrected chi connectivity index (χ2v) is 5.59. The van der Waals surface area contributed by atoms with Crippen LogP contribution in [-0.2, 0) is 0 Å². The molecule has 1 saturated heterocycles. The van der Waals surface area contributed by atoms with Gasteiger partial charge in [0.1, 0.15) is 0 Å². The van der Waals surface area contributed by atoms with Crippen molar-refractivity contribution in [3.63, 3.8) is 0 Å². The number of piperidine rings is 1. The van der Waals surface area contributed by atoms with Gasteiger partial charge in [0.15, 0.2) is 0 Å². The SMILES string of the molecule is CC1CCCC(C)N1C(=O)c1c[nH]c2ccccc12.